The van der Waals surface area contributed by atoms with Gasteiger partial charge in [0.1, 0.15) is 5.75 Å². The number of aromatic nitrogens is 3. The van der Waals surface area contributed by atoms with Crippen LogP contribution in [0, 0.1) is 0 Å². The van der Waals surface area contributed by atoms with Crippen LogP contribution in [0.2, 0.25) is 15.1 Å². The standard InChI is InChI=1S/C19H18Cl3N3OS/c1-3-25-18(12(2)26-17-7-5-4-6-15(17)21)23-24-19(25)27-11-13-8-9-14(20)10-16(13)22/h4-10,12H,3,11H2,1-2H3. The third-order valence-corrected chi connectivity index (χ3v) is 5.85. The Hall–Kier alpha value is -1.40. The molecule has 27 heavy (non-hydrogen) atoms. The van der Waals surface area contributed by atoms with Crippen molar-refractivity contribution in [3.8, 4) is 5.75 Å². The van der Waals surface area contributed by atoms with Gasteiger partial charge >= 0.3 is 0 Å². The lowest BCUT2D eigenvalue weighted by atomic mass is 10.2. The highest BCUT2D eigenvalue weighted by Gasteiger charge is 2.19. The fourth-order valence-corrected chi connectivity index (χ4v) is 4.32. The molecule has 3 rings (SSSR count). The summed E-state index contributed by atoms with van der Waals surface area (Å²) < 4.78 is 8.02. The number of thioether (sulfide) groups is 1. The van der Waals surface area contributed by atoms with Gasteiger partial charge in [-0.05, 0) is 43.7 Å². The van der Waals surface area contributed by atoms with Gasteiger partial charge in [0.05, 0.1) is 5.02 Å². The molecule has 0 radical (unpaired) electrons. The molecule has 0 aliphatic rings. The van der Waals surface area contributed by atoms with Gasteiger partial charge in [0.15, 0.2) is 17.1 Å². The van der Waals surface area contributed by atoms with E-state index in [1.165, 1.54) is 0 Å². The zero-order valence-electron chi connectivity index (χ0n) is 14.8. The first-order valence-electron chi connectivity index (χ1n) is 8.40. The van der Waals surface area contributed by atoms with E-state index < -0.39 is 0 Å². The minimum atomic E-state index is -0.286. The van der Waals surface area contributed by atoms with Crippen molar-refractivity contribution in [2.45, 2.75) is 37.4 Å². The molecule has 0 aliphatic heterocycles. The van der Waals surface area contributed by atoms with Gasteiger partial charge in [-0.3, -0.25) is 0 Å². The Labute approximate surface area is 177 Å². The molecule has 0 saturated carbocycles. The normalized spacial score (nSPS) is 12.2. The molecule has 0 spiro atoms. The van der Waals surface area contributed by atoms with Crippen LogP contribution in [-0.2, 0) is 12.3 Å². The second-order valence-electron chi connectivity index (χ2n) is 5.80. The van der Waals surface area contributed by atoms with E-state index >= 15 is 0 Å². The predicted octanol–water partition coefficient (Wildman–Crippen LogP) is 6.69. The highest BCUT2D eigenvalue weighted by atomic mass is 35.5. The van der Waals surface area contributed by atoms with Gasteiger partial charge in [0, 0.05) is 22.3 Å². The zero-order valence-corrected chi connectivity index (χ0v) is 17.9. The van der Waals surface area contributed by atoms with Crippen molar-refractivity contribution >= 4 is 46.6 Å². The van der Waals surface area contributed by atoms with E-state index in [9.17, 15) is 0 Å². The molecule has 0 N–H and O–H groups in total. The highest BCUT2D eigenvalue weighted by molar-refractivity contribution is 7.98. The maximum atomic E-state index is 6.26. The van der Waals surface area contributed by atoms with E-state index in [2.05, 4.69) is 17.1 Å². The van der Waals surface area contributed by atoms with Gasteiger partial charge in [-0.2, -0.15) is 0 Å². The van der Waals surface area contributed by atoms with Crippen molar-refractivity contribution in [2.24, 2.45) is 0 Å². The third-order valence-electron chi connectivity index (χ3n) is 3.94. The summed E-state index contributed by atoms with van der Waals surface area (Å²) in [5.41, 5.74) is 0.999. The average molecular weight is 443 g/mol. The van der Waals surface area contributed by atoms with Gasteiger partial charge in [-0.1, -0.05) is 64.8 Å². The van der Waals surface area contributed by atoms with Gasteiger partial charge in [0.2, 0.25) is 0 Å². The molecule has 2 aromatic carbocycles. The molecular formula is C19H18Cl3N3OS. The average Bonchev–Trinajstić information content (AvgIpc) is 3.06. The van der Waals surface area contributed by atoms with E-state index in [4.69, 9.17) is 39.5 Å². The number of halogens is 3. The van der Waals surface area contributed by atoms with E-state index in [0.29, 0.717) is 26.6 Å². The Bertz CT molecular complexity index is 932. The molecule has 0 bridgehead atoms. The van der Waals surface area contributed by atoms with Crippen LogP contribution in [0.4, 0.5) is 0 Å². The van der Waals surface area contributed by atoms with Crippen LogP contribution in [-0.4, -0.2) is 14.8 Å². The molecule has 0 amide bonds. The lowest BCUT2D eigenvalue weighted by Crippen LogP contribution is -2.12. The Balaban J connectivity index is 1.75. The Morgan fingerprint density at radius 1 is 1.07 bits per heavy atom. The molecule has 142 valence electrons. The van der Waals surface area contributed by atoms with Crippen molar-refractivity contribution in [2.75, 3.05) is 0 Å². The third kappa shape index (κ3) is 4.91. The minimum Gasteiger partial charge on any atom is -0.481 e. The second-order valence-corrected chi connectivity index (χ2v) is 7.99. The molecule has 8 heteroatoms. The first-order chi connectivity index (χ1) is 13.0. The van der Waals surface area contributed by atoms with Crippen LogP contribution in [0.25, 0.3) is 0 Å². The molecule has 1 unspecified atom stereocenters. The molecule has 0 saturated heterocycles. The van der Waals surface area contributed by atoms with E-state index in [-0.39, 0.29) is 6.10 Å². The summed E-state index contributed by atoms with van der Waals surface area (Å²) in [7, 11) is 0. The number of para-hydroxylation sites is 1. The van der Waals surface area contributed by atoms with Gasteiger partial charge in [0.25, 0.3) is 0 Å². The van der Waals surface area contributed by atoms with Crippen LogP contribution in [0.5, 0.6) is 5.75 Å². The van der Waals surface area contributed by atoms with Crippen molar-refractivity contribution in [1.29, 1.82) is 0 Å². The molecular weight excluding hydrogens is 425 g/mol. The molecule has 4 nitrogen and oxygen atoms in total. The number of ether oxygens (including phenoxy) is 1. The van der Waals surface area contributed by atoms with E-state index in [1.54, 1.807) is 23.9 Å². The summed E-state index contributed by atoms with van der Waals surface area (Å²) in [6, 6.07) is 12.9. The molecule has 0 aliphatic carbocycles. The summed E-state index contributed by atoms with van der Waals surface area (Å²) in [4.78, 5) is 0. The Kier molecular flexibility index (Phi) is 6.93. The molecule has 1 atom stereocenters. The predicted molar refractivity (Wildman–Crippen MR) is 112 cm³/mol. The monoisotopic (exact) mass is 441 g/mol. The van der Waals surface area contributed by atoms with Crippen molar-refractivity contribution in [3.63, 3.8) is 0 Å². The van der Waals surface area contributed by atoms with Gasteiger partial charge in [-0.25, -0.2) is 0 Å². The second kappa shape index (κ2) is 9.20. The van der Waals surface area contributed by atoms with Crippen molar-refractivity contribution in [1.82, 2.24) is 14.8 Å². The van der Waals surface area contributed by atoms with Crippen LogP contribution < -0.4 is 4.74 Å². The lowest BCUT2D eigenvalue weighted by Gasteiger charge is -2.16. The smallest absolute Gasteiger partial charge is 0.191 e. The molecule has 1 aromatic heterocycles. The van der Waals surface area contributed by atoms with Crippen LogP contribution in [0.3, 0.4) is 0 Å². The number of benzene rings is 2. The molecule has 3 aromatic rings. The van der Waals surface area contributed by atoms with Crippen molar-refractivity contribution < 1.29 is 4.74 Å². The summed E-state index contributed by atoms with van der Waals surface area (Å²) in [6.45, 7) is 4.72. The lowest BCUT2D eigenvalue weighted by molar-refractivity contribution is 0.210. The summed E-state index contributed by atoms with van der Waals surface area (Å²) >= 11 is 20.0. The zero-order chi connectivity index (χ0) is 19.4. The fraction of sp³-hybridized carbons (Fsp3) is 0.263. The quantitative estimate of drug-likeness (QED) is 0.382. The summed E-state index contributed by atoms with van der Waals surface area (Å²) in [6.07, 6.45) is -0.286. The summed E-state index contributed by atoms with van der Waals surface area (Å²) in [5, 5.41) is 11.3. The van der Waals surface area contributed by atoms with Crippen LogP contribution in [0.15, 0.2) is 47.6 Å². The van der Waals surface area contributed by atoms with Crippen LogP contribution in [0.1, 0.15) is 31.3 Å². The number of hydrogen-bond acceptors (Lipinski definition) is 4. The number of rotatable bonds is 7. The highest BCUT2D eigenvalue weighted by Crippen LogP contribution is 2.31. The molecule has 1 heterocycles. The molecule has 0 fully saturated rings. The van der Waals surface area contributed by atoms with Gasteiger partial charge < -0.3 is 9.30 Å². The van der Waals surface area contributed by atoms with E-state index in [0.717, 1.165) is 23.1 Å². The minimum absolute atomic E-state index is 0.286. The topological polar surface area (TPSA) is 39.9 Å². The number of nitrogens with zero attached hydrogens (tertiary/aromatic N) is 3. The van der Waals surface area contributed by atoms with Crippen molar-refractivity contribution in [3.05, 3.63) is 68.9 Å². The fourth-order valence-electron chi connectivity index (χ4n) is 2.57. The maximum Gasteiger partial charge on any atom is 0.191 e. The first kappa shape index (κ1) is 20.3. The largest absolute Gasteiger partial charge is 0.481 e. The summed E-state index contributed by atoms with van der Waals surface area (Å²) in [5.74, 6) is 2.05. The van der Waals surface area contributed by atoms with Crippen LogP contribution >= 0.6 is 46.6 Å². The Morgan fingerprint density at radius 2 is 1.85 bits per heavy atom. The van der Waals surface area contributed by atoms with Gasteiger partial charge in [-0.15, -0.1) is 10.2 Å². The Morgan fingerprint density at radius 3 is 2.56 bits per heavy atom. The SMILES string of the molecule is CCn1c(SCc2ccc(Cl)cc2Cl)nnc1C(C)Oc1ccccc1Cl. The maximum absolute atomic E-state index is 6.26. The first-order valence-corrected chi connectivity index (χ1v) is 10.5. The van der Waals surface area contributed by atoms with E-state index in [1.807, 2.05) is 41.8 Å². The number of hydrogen-bond donors (Lipinski definition) is 0.